The van der Waals surface area contributed by atoms with Crippen LogP contribution in [0.15, 0.2) is 18.2 Å². The molecule has 1 saturated heterocycles. The summed E-state index contributed by atoms with van der Waals surface area (Å²) in [6.07, 6.45) is 2.44. The molecule has 0 aromatic heterocycles. The Morgan fingerprint density at radius 2 is 2.39 bits per heavy atom. The van der Waals surface area contributed by atoms with Gasteiger partial charge >= 0.3 is 0 Å². The highest BCUT2D eigenvalue weighted by atomic mass is 16.5. The van der Waals surface area contributed by atoms with Crippen LogP contribution in [0.3, 0.4) is 0 Å². The molecule has 96 valence electrons. The average Bonchev–Trinajstić information content (AvgIpc) is 2.91. The van der Waals surface area contributed by atoms with Crippen LogP contribution in [0.25, 0.3) is 0 Å². The molecule has 1 fully saturated rings. The second kappa shape index (κ2) is 6.39. The van der Waals surface area contributed by atoms with Crippen molar-refractivity contribution in [2.45, 2.75) is 25.6 Å². The zero-order chi connectivity index (χ0) is 12.8. The monoisotopic (exact) mass is 247 g/mol. The molecule has 1 atom stereocenters. The lowest BCUT2D eigenvalue weighted by atomic mass is 10.1. The Labute approximate surface area is 107 Å². The van der Waals surface area contributed by atoms with Gasteiger partial charge in [-0.15, -0.1) is 0 Å². The molecular formula is C14H17NO3. The summed E-state index contributed by atoms with van der Waals surface area (Å²) in [4.78, 5) is 0. The quantitative estimate of drug-likeness (QED) is 0.800. The van der Waals surface area contributed by atoms with E-state index in [2.05, 4.69) is 6.07 Å². The number of nitrogens with zero attached hydrogens (tertiary/aromatic N) is 1. The van der Waals surface area contributed by atoms with E-state index in [4.69, 9.17) is 19.5 Å². The molecule has 1 heterocycles. The number of methoxy groups -OCH3 is 1. The van der Waals surface area contributed by atoms with E-state index in [1.54, 1.807) is 13.2 Å². The third-order valence-corrected chi connectivity index (χ3v) is 2.98. The molecule has 0 aliphatic carbocycles. The van der Waals surface area contributed by atoms with Crippen molar-refractivity contribution in [1.82, 2.24) is 0 Å². The molecule has 0 amide bonds. The van der Waals surface area contributed by atoms with Crippen molar-refractivity contribution < 1.29 is 14.2 Å². The van der Waals surface area contributed by atoms with Crippen molar-refractivity contribution in [3.63, 3.8) is 0 Å². The summed E-state index contributed by atoms with van der Waals surface area (Å²) >= 11 is 0. The zero-order valence-corrected chi connectivity index (χ0v) is 10.5. The summed E-state index contributed by atoms with van der Waals surface area (Å²) in [6.45, 7) is 1.99. The lowest BCUT2D eigenvalue weighted by Gasteiger charge is -2.11. The summed E-state index contributed by atoms with van der Waals surface area (Å²) in [5.74, 6) is 0.593. The van der Waals surface area contributed by atoms with Crippen molar-refractivity contribution >= 4 is 0 Å². The zero-order valence-electron chi connectivity index (χ0n) is 10.5. The minimum atomic E-state index is 0.241. The first-order chi connectivity index (χ1) is 8.83. The number of hydrogen-bond acceptors (Lipinski definition) is 4. The van der Waals surface area contributed by atoms with E-state index in [-0.39, 0.29) is 6.10 Å². The molecular weight excluding hydrogens is 230 g/mol. The van der Waals surface area contributed by atoms with Crippen molar-refractivity contribution in [3.05, 3.63) is 29.3 Å². The molecule has 0 saturated carbocycles. The SMILES string of the molecule is COc1cc(COCC2CCCO2)ccc1C#N. The Bertz CT molecular complexity index is 433. The highest BCUT2D eigenvalue weighted by molar-refractivity contribution is 5.45. The third-order valence-electron chi connectivity index (χ3n) is 2.98. The number of ether oxygens (including phenoxy) is 3. The molecule has 1 aromatic carbocycles. The van der Waals surface area contributed by atoms with Crippen molar-refractivity contribution in [2.75, 3.05) is 20.3 Å². The Morgan fingerprint density at radius 3 is 3.06 bits per heavy atom. The maximum absolute atomic E-state index is 8.88. The Kier molecular flexibility index (Phi) is 4.57. The average molecular weight is 247 g/mol. The first-order valence-electron chi connectivity index (χ1n) is 6.10. The van der Waals surface area contributed by atoms with Gasteiger partial charge in [-0.25, -0.2) is 0 Å². The molecule has 1 unspecified atom stereocenters. The predicted molar refractivity (Wildman–Crippen MR) is 66.3 cm³/mol. The van der Waals surface area contributed by atoms with Crippen molar-refractivity contribution in [2.24, 2.45) is 0 Å². The number of rotatable bonds is 5. The van der Waals surface area contributed by atoms with Gasteiger partial charge in [0, 0.05) is 6.61 Å². The summed E-state index contributed by atoms with van der Waals surface area (Å²) in [6, 6.07) is 7.57. The molecule has 4 nitrogen and oxygen atoms in total. The predicted octanol–water partition coefficient (Wildman–Crippen LogP) is 2.26. The van der Waals surface area contributed by atoms with Gasteiger partial charge < -0.3 is 14.2 Å². The molecule has 1 aromatic rings. The van der Waals surface area contributed by atoms with E-state index >= 15 is 0 Å². The van der Waals surface area contributed by atoms with Crippen LogP contribution < -0.4 is 4.74 Å². The van der Waals surface area contributed by atoms with Crippen LogP contribution in [0.4, 0.5) is 0 Å². The molecule has 0 radical (unpaired) electrons. The van der Waals surface area contributed by atoms with Crippen molar-refractivity contribution in [1.29, 1.82) is 5.26 Å². The Balaban J connectivity index is 1.87. The first-order valence-corrected chi connectivity index (χ1v) is 6.10. The largest absolute Gasteiger partial charge is 0.495 e. The topological polar surface area (TPSA) is 51.5 Å². The Morgan fingerprint density at radius 1 is 1.50 bits per heavy atom. The minimum Gasteiger partial charge on any atom is -0.495 e. The fourth-order valence-corrected chi connectivity index (χ4v) is 2.00. The van der Waals surface area contributed by atoms with E-state index in [9.17, 15) is 0 Å². The van der Waals surface area contributed by atoms with Gasteiger partial charge in [-0.3, -0.25) is 0 Å². The molecule has 18 heavy (non-hydrogen) atoms. The molecule has 0 spiro atoms. The third kappa shape index (κ3) is 3.22. The second-order valence-electron chi connectivity index (χ2n) is 4.30. The van der Waals surface area contributed by atoms with Crippen LogP contribution in [-0.4, -0.2) is 26.4 Å². The van der Waals surface area contributed by atoms with E-state index < -0.39 is 0 Å². The maximum atomic E-state index is 8.88. The van der Waals surface area contributed by atoms with Crippen molar-refractivity contribution in [3.8, 4) is 11.8 Å². The summed E-state index contributed by atoms with van der Waals surface area (Å²) < 4.78 is 16.2. The van der Waals surface area contributed by atoms with Gasteiger partial charge in [-0.05, 0) is 30.5 Å². The van der Waals surface area contributed by atoms with Gasteiger partial charge in [-0.1, -0.05) is 6.07 Å². The van der Waals surface area contributed by atoms with Gasteiger partial charge in [0.05, 0.1) is 32.0 Å². The second-order valence-corrected chi connectivity index (χ2v) is 4.30. The van der Waals surface area contributed by atoms with Crippen LogP contribution in [-0.2, 0) is 16.1 Å². The molecule has 1 aliphatic heterocycles. The van der Waals surface area contributed by atoms with Crippen LogP contribution in [0.1, 0.15) is 24.0 Å². The molecule has 1 aliphatic rings. The van der Waals surface area contributed by atoms with Crippen LogP contribution in [0.2, 0.25) is 0 Å². The summed E-state index contributed by atoms with van der Waals surface area (Å²) in [5.41, 5.74) is 1.55. The molecule has 0 N–H and O–H groups in total. The molecule has 0 bridgehead atoms. The van der Waals surface area contributed by atoms with Gasteiger partial charge in [0.25, 0.3) is 0 Å². The van der Waals surface area contributed by atoms with E-state index in [1.165, 1.54) is 0 Å². The standard InChI is InChI=1S/C14H17NO3/c1-16-14-7-11(4-5-12(14)8-15)9-17-10-13-3-2-6-18-13/h4-5,7,13H,2-3,6,9-10H2,1H3. The van der Waals surface area contributed by atoms with Gasteiger partial charge in [-0.2, -0.15) is 5.26 Å². The van der Waals surface area contributed by atoms with Gasteiger partial charge in [0.15, 0.2) is 0 Å². The molecule has 4 heteroatoms. The summed E-state index contributed by atoms with van der Waals surface area (Å²) in [5, 5.41) is 8.88. The highest BCUT2D eigenvalue weighted by Crippen LogP contribution is 2.20. The fraction of sp³-hybridized carbons (Fsp3) is 0.500. The highest BCUT2D eigenvalue weighted by Gasteiger charge is 2.15. The maximum Gasteiger partial charge on any atom is 0.136 e. The minimum absolute atomic E-state index is 0.241. The van der Waals surface area contributed by atoms with Crippen LogP contribution in [0.5, 0.6) is 5.75 Å². The lowest BCUT2D eigenvalue weighted by molar-refractivity contribution is 0.0105. The number of benzene rings is 1. The Hall–Kier alpha value is -1.57. The van der Waals surface area contributed by atoms with E-state index in [0.29, 0.717) is 24.5 Å². The van der Waals surface area contributed by atoms with Crippen LogP contribution in [0, 0.1) is 11.3 Å². The van der Waals surface area contributed by atoms with Crippen LogP contribution >= 0.6 is 0 Å². The normalized spacial score (nSPS) is 18.6. The smallest absolute Gasteiger partial charge is 0.136 e. The van der Waals surface area contributed by atoms with Gasteiger partial charge in [0.1, 0.15) is 11.8 Å². The first kappa shape index (κ1) is 12.9. The molecule has 2 rings (SSSR count). The number of nitriles is 1. The lowest BCUT2D eigenvalue weighted by Crippen LogP contribution is -2.13. The summed E-state index contributed by atoms with van der Waals surface area (Å²) in [7, 11) is 1.56. The van der Waals surface area contributed by atoms with Gasteiger partial charge in [0.2, 0.25) is 0 Å². The van der Waals surface area contributed by atoms with E-state index in [1.807, 2.05) is 12.1 Å². The number of hydrogen-bond donors (Lipinski definition) is 0. The van der Waals surface area contributed by atoms with E-state index in [0.717, 1.165) is 25.0 Å². The fourth-order valence-electron chi connectivity index (χ4n) is 2.00.